The van der Waals surface area contributed by atoms with Gasteiger partial charge >= 0.3 is 0 Å². The number of hydrogen-bond acceptors (Lipinski definition) is 5. The zero-order chi connectivity index (χ0) is 13.2. The second kappa shape index (κ2) is 4.79. The molecule has 1 saturated carbocycles. The van der Waals surface area contributed by atoms with Gasteiger partial charge in [-0.05, 0) is 42.6 Å². The van der Waals surface area contributed by atoms with Crippen LogP contribution in [0.3, 0.4) is 0 Å². The quantitative estimate of drug-likeness (QED) is 0.832. The Bertz CT molecular complexity index is 577. The smallest absolute Gasteiger partial charge is 0.278 e. The van der Waals surface area contributed by atoms with E-state index in [-0.39, 0.29) is 5.91 Å². The molecular weight excluding hydrogens is 244 g/mol. The molecule has 0 radical (unpaired) electrons. The highest BCUT2D eigenvalue weighted by molar-refractivity contribution is 5.93. The monoisotopic (exact) mass is 258 g/mol. The van der Waals surface area contributed by atoms with Gasteiger partial charge in [0.25, 0.3) is 5.91 Å². The van der Waals surface area contributed by atoms with Crippen molar-refractivity contribution in [3.8, 4) is 0 Å². The molecule has 0 atom stereocenters. The molecule has 6 nitrogen and oxygen atoms in total. The zero-order valence-electron chi connectivity index (χ0n) is 10.6. The van der Waals surface area contributed by atoms with Crippen LogP contribution >= 0.6 is 0 Å². The van der Waals surface area contributed by atoms with Gasteiger partial charge in [-0.15, -0.1) is 0 Å². The fourth-order valence-electron chi connectivity index (χ4n) is 2.00. The first-order valence-electron chi connectivity index (χ1n) is 6.24. The Hall–Kier alpha value is -2.24. The second-order valence-corrected chi connectivity index (χ2v) is 4.72. The van der Waals surface area contributed by atoms with Crippen molar-refractivity contribution in [1.82, 2.24) is 20.2 Å². The summed E-state index contributed by atoms with van der Waals surface area (Å²) in [6.45, 7) is 2.29. The third-order valence-electron chi connectivity index (χ3n) is 3.21. The maximum absolute atomic E-state index is 12.5. The summed E-state index contributed by atoms with van der Waals surface area (Å²) in [5, 5.41) is 7.36. The van der Waals surface area contributed by atoms with E-state index < -0.39 is 0 Å². The van der Waals surface area contributed by atoms with Crippen molar-refractivity contribution in [1.29, 1.82) is 0 Å². The summed E-state index contributed by atoms with van der Waals surface area (Å²) in [6, 6.07) is 4.13. The number of hydrogen-bond donors (Lipinski definition) is 0. The van der Waals surface area contributed by atoms with Gasteiger partial charge in [0.2, 0.25) is 0 Å². The van der Waals surface area contributed by atoms with Gasteiger partial charge < -0.3 is 4.90 Å². The molecule has 0 aromatic carbocycles. The molecule has 0 spiro atoms. The topological polar surface area (TPSA) is 72.1 Å². The molecule has 1 aliphatic rings. The predicted molar refractivity (Wildman–Crippen MR) is 66.2 cm³/mol. The van der Waals surface area contributed by atoms with Crippen LogP contribution in [-0.4, -0.2) is 32.1 Å². The largest absolute Gasteiger partial charge is 0.330 e. The van der Waals surface area contributed by atoms with Crippen LogP contribution in [0.25, 0.3) is 0 Å². The molecular formula is C13H14N4O2. The van der Waals surface area contributed by atoms with E-state index in [1.54, 1.807) is 19.3 Å². The van der Waals surface area contributed by atoms with E-state index in [4.69, 9.17) is 0 Å². The summed E-state index contributed by atoms with van der Waals surface area (Å²) < 4.78 is 4.61. The summed E-state index contributed by atoms with van der Waals surface area (Å²) in [5.41, 5.74) is 1.90. The Morgan fingerprint density at radius 2 is 2.11 bits per heavy atom. The molecule has 2 aromatic heterocycles. The lowest BCUT2D eigenvalue weighted by molar-refractivity contribution is 0.0718. The summed E-state index contributed by atoms with van der Waals surface area (Å²) >= 11 is 0. The summed E-state index contributed by atoms with van der Waals surface area (Å²) in [4.78, 5) is 18.3. The Morgan fingerprint density at radius 1 is 1.37 bits per heavy atom. The molecule has 1 fully saturated rings. The van der Waals surface area contributed by atoms with Crippen LogP contribution in [0, 0.1) is 6.92 Å². The number of rotatable bonds is 4. The minimum Gasteiger partial charge on any atom is -0.330 e. The van der Waals surface area contributed by atoms with E-state index >= 15 is 0 Å². The van der Waals surface area contributed by atoms with Crippen molar-refractivity contribution < 1.29 is 9.42 Å². The molecule has 98 valence electrons. The van der Waals surface area contributed by atoms with Crippen molar-refractivity contribution in [2.75, 3.05) is 0 Å². The first-order valence-corrected chi connectivity index (χ1v) is 6.24. The van der Waals surface area contributed by atoms with Crippen LogP contribution in [0.2, 0.25) is 0 Å². The number of carbonyl (C=O) groups excluding carboxylic acids is 1. The second-order valence-electron chi connectivity index (χ2n) is 4.72. The minimum absolute atomic E-state index is 0.113. The molecule has 1 amide bonds. The van der Waals surface area contributed by atoms with Gasteiger partial charge in [-0.25, -0.2) is 4.63 Å². The van der Waals surface area contributed by atoms with E-state index in [0.29, 0.717) is 24.0 Å². The van der Waals surface area contributed by atoms with Crippen LogP contribution in [0.4, 0.5) is 0 Å². The number of carbonyl (C=O) groups is 1. The lowest BCUT2D eigenvalue weighted by Crippen LogP contribution is -2.33. The van der Waals surface area contributed by atoms with Gasteiger partial charge in [-0.1, -0.05) is 5.16 Å². The normalized spacial score (nSPS) is 14.4. The van der Waals surface area contributed by atoms with Gasteiger partial charge in [-0.3, -0.25) is 9.78 Å². The first kappa shape index (κ1) is 11.8. The van der Waals surface area contributed by atoms with Crippen molar-refractivity contribution in [2.45, 2.75) is 32.4 Å². The third-order valence-corrected chi connectivity index (χ3v) is 3.21. The summed E-state index contributed by atoms with van der Waals surface area (Å²) in [6.07, 6.45) is 5.55. The van der Waals surface area contributed by atoms with E-state index in [2.05, 4.69) is 19.9 Å². The van der Waals surface area contributed by atoms with Crippen molar-refractivity contribution in [2.24, 2.45) is 0 Å². The maximum atomic E-state index is 12.5. The van der Waals surface area contributed by atoms with Crippen molar-refractivity contribution >= 4 is 5.91 Å². The van der Waals surface area contributed by atoms with E-state index in [0.717, 1.165) is 18.4 Å². The minimum atomic E-state index is -0.113. The fraction of sp³-hybridized carbons (Fsp3) is 0.385. The maximum Gasteiger partial charge on any atom is 0.278 e. The van der Waals surface area contributed by atoms with Gasteiger partial charge in [0.1, 0.15) is 5.69 Å². The summed E-state index contributed by atoms with van der Waals surface area (Å²) in [7, 11) is 0. The van der Waals surface area contributed by atoms with Crippen LogP contribution in [-0.2, 0) is 6.54 Å². The Kier molecular flexibility index (Phi) is 2.98. The van der Waals surface area contributed by atoms with Gasteiger partial charge in [0.05, 0.1) is 0 Å². The highest BCUT2D eigenvalue weighted by atomic mass is 16.6. The fourth-order valence-corrected chi connectivity index (χ4v) is 2.00. The van der Waals surface area contributed by atoms with E-state index in [1.807, 2.05) is 17.0 Å². The van der Waals surface area contributed by atoms with Gasteiger partial charge in [0, 0.05) is 25.0 Å². The Labute approximate surface area is 110 Å². The molecule has 19 heavy (non-hydrogen) atoms. The lowest BCUT2D eigenvalue weighted by Gasteiger charge is -2.21. The number of aryl methyl sites for hydroxylation is 1. The van der Waals surface area contributed by atoms with Crippen LogP contribution in [0.15, 0.2) is 29.2 Å². The van der Waals surface area contributed by atoms with Crippen LogP contribution in [0.5, 0.6) is 0 Å². The average Bonchev–Trinajstić information content (AvgIpc) is 3.18. The molecule has 0 unspecified atom stereocenters. The van der Waals surface area contributed by atoms with Crippen molar-refractivity contribution in [3.63, 3.8) is 0 Å². The zero-order valence-corrected chi connectivity index (χ0v) is 10.6. The van der Waals surface area contributed by atoms with Gasteiger partial charge in [-0.2, -0.15) is 0 Å². The first-order chi connectivity index (χ1) is 9.25. The summed E-state index contributed by atoms with van der Waals surface area (Å²) in [5.74, 6) is -0.113. The Balaban J connectivity index is 1.82. The lowest BCUT2D eigenvalue weighted by atomic mass is 10.2. The standard InChI is InChI=1S/C13H14N4O2/c1-9-12(16-19-15-9)13(18)17(11-2-3-11)8-10-4-6-14-7-5-10/h4-7,11H,2-3,8H2,1H3. The molecule has 6 heteroatoms. The number of pyridine rings is 1. The highest BCUT2D eigenvalue weighted by Gasteiger charge is 2.35. The molecule has 2 heterocycles. The van der Waals surface area contributed by atoms with Crippen LogP contribution < -0.4 is 0 Å². The third kappa shape index (κ3) is 2.47. The van der Waals surface area contributed by atoms with Gasteiger partial charge in [0.15, 0.2) is 5.69 Å². The molecule has 2 aromatic rings. The predicted octanol–water partition coefficient (Wildman–Crippen LogP) is 1.58. The average molecular weight is 258 g/mol. The van der Waals surface area contributed by atoms with Crippen molar-refractivity contribution in [3.05, 3.63) is 41.5 Å². The molecule has 0 saturated heterocycles. The highest BCUT2D eigenvalue weighted by Crippen LogP contribution is 2.29. The SMILES string of the molecule is Cc1nonc1C(=O)N(Cc1ccncc1)C1CC1. The molecule has 0 aliphatic heterocycles. The number of amides is 1. The number of nitrogens with zero attached hydrogens (tertiary/aromatic N) is 4. The Morgan fingerprint density at radius 3 is 2.68 bits per heavy atom. The number of aromatic nitrogens is 3. The van der Waals surface area contributed by atoms with E-state index in [9.17, 15) is 4.79 Å². The van der Waals surface area contributed by atoms with E-state index in [1.165, 1.54) is 0 Å². The van der Waals surface area contributed by atoms with Crippen LogP contribution in [0.1, 0.15) is 34.6 Å². The molecule has 3 rings (SSSR count). The molecule has 0 N–H and O–H groups in total. The molecule has 1 aliphatic carbocycles. The molecule has 0 bridgehead atoms.